The Kier molecular flexibility index (Phi) is 5.09. The molecule has 6 heteroatoms. The Balaban J connectivity index is 1.17. The predicted molar refractivity (Wildman–Crippen MR) is 129 cm³/mol. The average molecular weight is 446 g/mol. The van der Waals surface area contributed by atoms with Gasteiger partial charge in [-0.3, -0.25) is 4.79 Å². The Morgan fingerprint density at radius 3 is 2.66 bits per heavy atom. The molecule has 5 nitrogen and oxygen atoms in total. The number of rotatable bonds is 4. The van der Waals surface area contributed by atoms with Crippen LogP contribution in [0.15, 0.2) is 84.4 Å². The lowest BCUT2D eigenvalue weighted by molar-refractivity contribution is -0.949. The molecule has 1 atom stereocenters. The number of amides is 1. The molecule has 0 saturated carbocycles. The van der Waals surface area contributed by atoms with E-state index in [4.69, 9.17) is 0 Å². The zero-order valence-electron chi connectivity index (χ0n) is 18.3. The van der Waals surface area contributed by atoms with Crippen molar-refractivity contribution >= 4 is 17.7 Å². The number of carbonyl (C=O) groups excluding carboxylic acids is 1. The van der Waals surface area contributed by atoms with Gasteiger partial charge in [0.15, 0.2) is 5.70 Å². The van der Waals surface area contributed by atoms with Crippen molar-refractivity contribution in [1.82, 2.24) is 14.5 Å². The number of thioether (sulfide) groups is 1. The van der Waals surface area contributed by atoms with Gasteiger partial charge in [0.25, 0.3) is 5.91 Å². The maximum Gasteiger partial charge on any atom is 0.256 e. The highest BCUT2D eigenvalue weighted by atomic mass is 32.2. The summed E-state index contributed by atoms with van der Waals surface area (Å²) in [6.45, 7) is 3.68. The summed E-state index contributed by atoms with van der Waals surface area (Å²) >= 11 is 1.85. The van der Waals surface area contributed by atoms with Crippen LogP contribution in [-0.4, -0.2) is 62.8 Å². The molecule has 4 aliphatic heterocycles. The minimum absolute atomic E-state index is 0.228. The molecule has 0 unspecified atom stereocenters. The van der Waals surface area contributed by atoms with Gasteiger partial charge in [0.2, 0.25) is 0 Å². The van der Waals surface area contributed by atoms with E-state index in [9.17, 15) is 4.79 Å². The molecule has 0 aliphatic carbocycles. The van der Waals surface area contributed by atoms with Crippen molar-refractivity contribution in [3.8, 4) is 11.3 Å². The third kappa shape index (κ3) is 3.29. The van der Waals surface area contributed by atoms with E-state index in [1.54, 1.807) is 0 Å². The summed E-state index contributed by atoms with van der Waals surface area (Å²) in [5.74, 6) is 2.11. The van der Waals surface area contributed by atoms with E-state index in [-0.39, 0.29) is 5.91 Å². The van der Waals surface area contributed by atoms with Crippen LogP contribution in [0.2, 0.25) is 0 Å². The van der Waals surface area contributed by atoms with Crippen LogP contribution in [0.5, 0.6) is 0 Å². The van der Waals surface area contributed by atoms with Crippen molar-refractivity contribution < 1.29 is 9.39 Å². The molecule has 32 heavy (non-hydrogen) atoms. The SMILES string of the molecule is O=C(C1=CC2=CC=C[N@@+]2(N2CCC(n3cccc3-c3ccccc3)CC2)C1)N1CCSC1. The van der Waals surface area contributed by atoms with Crippen LogP contribution in [0.25, 0.3) is 11.3 Å². The first-order valence-electron chi connectivity index (χ1n) is 11.6. The Bertz CT molecular complexity index is 1100. The number of fused-ring (bicyclic) bond motifs is 1. The van der Waals surface area contributed by atoms with E-state index >= 15 is 0 Å². The van der Waals surface area contributed by atoms with Crippen molar-refractivity contribution in [2.75, 3.05) is 37.8 Å². The van der Waals surface area contributed by atoms with Crippen molar-refractivity contribution in [2.45, 2.75) is 18.9 Å². The van der Waals surface area contributed by atoms with Gasteiger partial charge >= 0.3 is 0 Å². The van der Waals surface area contributed by atoms with Crippen molar-refractivity contribution in [3.63, 3.8) is 0 Å². The fourth-order valence-corrected chi connectivity index (χ4v) is 6.55. The van der Waals surface area contributed by atoms with Crippen molar-refractivity contribution in [1.29, 1.82) is 0 Å². The molecule has 0 radical (unpaired) electrons. The van der Waals surface area contributed by atoms with E-state index in [0.717, 1.165) is 56.2 Å². The standard InChI is InChI=1S/C26H29N4OS/c31-26(27-15-17-32-20-27)22-18-24-8-5-16-30(24,19-22)28-13-10-23(11-14-28)29-12-4-9-25(29)21-6-2-1-3-7-21/h1-9,12,16,18,23H,10-11,13-15,17,19-20H2/q+1/t30-/m1/s1. The predicted octanol–water partition coefficient (Wildman–Crippen LogP) is 4.41. The summed E-state index contributed by atoms with van der Waals surface area (Å²) in [6.07, 6.45) is 13.2. The van der Waals surface area contributed by atoms with E-state index < -0.39 is 0 Å². The van der Waals surface area contributed by atoms with Crippen LogP contribution < -0.4 is 0 Å². The normalized spacial score (nSPS) is 25.8. The van der Waals surface area contributed by atoms with Gasteiger partial charge in [-0.15, -0.1) is 16.8 Å². The summed E-state index contributed by atoms with van der Waals surface area (Å²) < 4.78 is 3.16. The lowest BCUT2D eigenvalue weighted by atomic mass is 10.0. The first kappa shape index (κ1) is 20.1. The third-order valence-corrected chi connectivity index (χ3v) is 8.25. The zero-order chi connectivity index (χ0) is 21.5. The molecule has 0 bridgehead atoms. The molecule has 1 amide bonds. The molecule has 1 aromatic heterocycles. The van der Waals surface area contributed by atoms with Crippen LogP contribution in [0.4, 0.5) is 0 Å². The van der Waals surface area contributed by atoms with Gasteiger partial charge in [-0.1, -0.05) is 30.3 Å². The third-order valence-electron chi connectivity index (χ3n) is 7.28. The highest BCUT2D eigenvalue weighted by Crippen LogP contribution is 2.40. The Morgan fingerprint density at radius 2 is 1.88 bits per heavy atom. The van der Waals surface area contributed by atoms with Gasteiger partial charge in [-0.05, 0) is 36.6 Å². The lowest BCUT2D eigenvalue weighted by Crippen LogP contribution is -2.56. The second kappa shape index (κ2) is 8.10. The number of nitrogens with zero attached hydrogens (tertiary/aromatic N) is 4. The first-order valence-corrected chi connectivity index (χ1v) is 12.7. The van der Waals surface area contributed by atoms with Gasteiger partial charge in [0, 0.05) is 42.4 Å². The van der Waals surface area contributed by atoms with Crippen molar-refractivity contribution in [2.24, 2.45) is 0 Å². The highest BCUT2D eigenvalue weighted by Gasteiger charge is 2.48. The fourth-order valence-electron chi connectivity index (χ4n) is 5.60. The van der Waals surface area contributed by atoms with E-state index in [2.05, 4.69) is 82.7 Å². The molecule has 0 N–H and O–H groups in total. The van der Waals surface area contributed by atoms with Crippen LogP contribution in [-0.2, 0) is 4.79 Å². The maximum atomic E-state index is 13.0. The van der Waals surface area contributed by atoms with E-state index in [1.807, 2.05) is 16.7 Å². The van der Waals surface area contributed by atoms with Crippen molar-refractivity contribution in [3.05, 3.63) is 84.4 Å². The van der Waals surface area contributed by atoms with E-state index in [1.165, 1.54) is 17.0 Å². The summed E-state index contributed by atoms with van der Waals surface area (Å²) in [4.78, 5) is 15.0. The Morgan fingerprint density at radius 1 is 1.03 bits per heavy atom. The summed E-state index contributed by atoms with van der Waals surface area (Å²) in [6, 6.07) is 15.6. The molecule has 4 aliphatic rings. The number of quaternary nitrogens is 1. The molecular formula is C26H29N4OS+. The van der Waals surface area contributed by atoms with Crippen LogP contribution >= 0.6 is 11.8 Å². The number of hydrogen-bond donors (Lipinski definition) is 0. The number of aromatic nitrogens is 1. The minimum atomic E-state index is 0.228. The van der Waals surface area contributed by atoms with Gasteiger partial charge in [0.05, 0.1) is 24.5 Å². The second-order valence-corrected chi connectivity index (χ2v) is 10.1. The summed E-state index contributed by atoms with van der Waals surface area (Å²) in [5, 5.41) is 2.56. The molecule has 2 fully saturated rings. The lowest BCUT2D eigenvalue weighted by Gasteiger charge is -2.43. The topological polar surface area (TPSA) is 28.5 Å². The number of hydrogen-bond acceptors (Lipinski definition) is 3. The maximum absolute atomic E-state index is 13.0. The van der Waals surface area contributed by atoms with Gasteiger partial charge in [-0.2, -0.15) is 4.59 Å². The summed E-state index contributed by atoms with van der Waals surface area (Å²) in [5.41, 5.74) is 4.78. The largest absolute Gasteiger partial charge is 0.344 e. The smallest absolute Gasteiger partial charge is 0.256 e. The molecule has 0 spiro atoms. The monoisotopic (exact) mass is 445 g/mol. The number of benzene rings is 1. The van der Waals surface area contributed by atoms with Crippen LogP contribution in [0.3, 0.4) is 0 Å². The number of carbonyl (C=O) groups is 1. The van der Waals surface area contributed by atoms with Gasteiger partial charge < -0.3 is 9.47 Å². The first-order chi connectivity index (χ1) is 15.7. The Hall–Kier alpha value is -2.54. The Labute approximate surface area is 193 Å². The molecule has 164 valence electrons. The molecule has 2 aromatic rings. The summed E-state index contributed by atoms with van der Waals surface area (Å²) in [7, 11) is 0. The number of piperidine rings is 1. The van der Waals surface area contributed by atoms with Gasteiger partial charge in [0.1, 0.15) is 12.7 Å². The molecule has 2 saturated heterocycles. The average Bonchev–Trinajstić information content (AvgIpc) is 3.63. The molecule has 5 heterocycles. The quantitative estimate of drug-likeness (QED) is 0.653. The molecule has 6 rings (SSSR count). The van der Waals surface area contributed by atoms with Gasteiger partial charge in [-0.25, -0.2) is 0 Å². The second-order valence-electron chi connectivity index (χ2n) is 9.04. The molecular weight excluding hydrogens is 416 g/mol. The van der Waals surface area contributed by atoms with Crippen LogP contribution in [0.1, 0.15) is 18.9 Å². The van der Waals surface area contributed by atoms with Crippen LogP contribution in [0, 0.1) is 0 Å². The fraction of sp³-hybridized carbons (Fsp3) is 0.346. The highest BCUT2D eigenvalue weighted by molar-refractivity contribution is 7.99. The minimum Gasteiger partial charge on any atom is -0.344 e. The molecule has 1 aromatic carbocycles. The zero-order valence-corrected chi connectivity index (χ0v) is 19.1. The number of allylic oxidation sites excluding steroid dienone is 3. The van der Waals surface area contributed by atoms with E-state index in [0.29, 0.717) is 10.6 Å².